The zero-order valence-electron chi connectivity index (χ0n) is 18.4. The molecular weight excluding hydrogens is 460 g/mol. The Hall–Kier alpha value is -4.41. The summed E-state index contributed by atoms with van der Waals surface area (Å²) in [6, 6.07) is 13.6. The smallest absolute Gasteiger partial charge is 0.280 e. The zero-order valence-corrected chi connectivity index (χ0v) is 18.4. The van der Waals surface area contributed by atoms with Crippen LogP contribution in [0.2, 0.25) is 0 Å². The highest BCUT2D eigenvalue weighted by atomic mass is 19.3. The summed E-state index contributed by atoms with van der Waals surface area (Å²) in [5, 5.41) is 18.0. The van der Waals surface area contributed by atoms with E-state index in [9.17, 15) is 23.7 Å². The largest absolute Gasteiger partial charge is 0.457 e. The topological polar surface area (TPSA) is 112 Å². The van der Waals surface area contributed by atoms with Crippen LogP contribution >= 0.6 is 0 Å². The Kier molecular flexibility index (Phi) is 5.59. The van der Waals surface area contributed by atoms with E-state index in [2.05, 4.69) is 15.4 Å². The fraction of sp³-hybridized carbons (Fsp3) is 0.208. The van der Waals surface area contributed by atoms with Gasteiger partial charge in [0.2, 0.25) is 0 Å². The number of amides is 1. The molecule has 11 heteroatoms. The quantitative estimate of drug-likeness (QED) is 0.265. The Balaban J connectivity index is 1.45. The lowest BCUT2D eigenvalue weighted by molar-refractivity contribution is -0.384. The van der Waals surface area contributed by atoms with Crippen LogP contribution in [0.5, 0.6) is 11.5 Å². The summed E-state index contributed by atoms with van der Waals surface area (Å²) in [7, 11) is 0. The van der Waals surface area contributed by atoms with Gasteiger partial charge in [-0.25, -0.2) is 18.3 Å². The van der Waals surface area contributed by atoms with E-state index in [0.717, 1.165) is 22.9 Å². The number of anilines is 1. The number of benzene rings is 2. The number of carbonyl (C=O) groups is 1. The third-order valence-electron chi connectivity index (χ3n) is 5.51. The molecule has 2 aromatic carbocycles. The van der Waals surface area contributed by atoms with Crippen LogP contribution in [0.3, 0.4) is 0 Å². The zero-order chi connectivity index (χ0) is 24.7. The third kappa shape index (κ3) is 4.79. The summed E-state index contributed by atoms with van der Waals surface area (Å²) in [6.07, 6.45) is -1.04. The van der Waals surface area contributed by atoms with Gasteiger partial charge < -0.3 is 10.1 Å². The van der Waals surface area contributed by atoms with Gasteiger partial charge in [-0.05, 0) is 43.5 Å². The van der Waals surface area contributed by atoms with E-state index in [-0.39, 0.29) is 40.1 Å². The molecule has 2 aromatic heterocycles. The normalized spacial score (nSPS) is 13.3. The molecule has 35 heavy (non-hydrogen) atoms. The second-order valence-electron chi connectivity index (χ2n) is 8.33. The van der Waals surface area contributed by atoms with Gasteiger partial charge in [-0.3, -0.25) is 14.9 Å². The lowest BCUT2D eigenvalue weighted by Gasteiger charge is -2.09. The maximum absolute atomic E-state index is 13.6. The van der Waals surface area contributed by atoms with Crippen molar-refractivity contribution >= 4 is 22.9 Å². The number of ether oxygens (including phenoxy) is 1. The number of rotatable bonds is 7. The number of aryl methyl sites for hydroxylation is 1. The van der Waals surface area contributed by atoms with Crippen LogP contribution in [0, 0.1) is 17.0 Å². The number of carbonyl (C=O) groups excluding carboxylic acids is 1. The molecule has 0 radical (unpaired) electrons. The van der Waals surface area contributed by atoms with E-state index in [1.165, 1.54) is 30.3 Å². The SMILES string of the molecule is Cc1cccc(Oc2cc(NC(=O)c3cc4nc(C5CC5)cc(C(F)F)n4n3)cc([N+](=O)[O-])c2)c1. The van der Waals surface area contributed by atoms with Crippen LogP contribution in [-0.2, 0) is 0 Å². The molecule has 0 spiro atoms. The van der Waals surface area contributed by atoms with Crippen molar-refractivity contribution in [2.45, 2.75) is 32.1 Å². The fourth-order valence-corrected chi connectivity index (χ4v) is 3.70. The molecule has 2 heterocycles. The molecule has 0 bridgehead atoms. The van der Waals surface area contributed by atoms with E-state index in [0.29, 0.717) is 11.4 Å². The van der Waals surface area contributed by atoms with Crippen LogP contribution in [0.1, 0.15) is 52.6 Å². The minimum Gasteiger partial charge on any atom is -0.457 e. The van der Waals surface area contributed by atoms with E-state index < -0.39 is 17.3 Å². The highest BCUT2D eigenvalue weighted by Gasteiger charge is 2.28. The second-order valence-corrected chi connectivity index (χ2v) is 8.33. The Morgan fingerprint density at radius 2 is 1.97 bits per heavy atom. The summed E-state index contributed by atoms with van der Waals surface area (Å²) in [5.41, 5.74) is 0.921. The fourth-order valence-electron chi connectivity index (χ4n) is 3.70. The lowest BCUT2D eigenvalue weighted by atomic mass is 10.2. The Morgan fingerprint density at radius 3 is 2.66 bits per heavy atom. The molecule has 1 N–H and O–H groups in total. The predicted molar refractivity (Wildman–Crippen MR) is 122 cm³/mol. The van der Waals surface area contributed by atoms with Crippen molar-refractivity contribution in [1.29, 1.82) is 0 Å². The van der Waals surface area contributed by atoms with Crippen molar-refractivity contribution < 1.29 is 23.2 Å². The number of non-ortho nitro benzene ring substituents is 1. The van der Waals surface area contributed by atoms with E-state index in [4.69, 9.17) is 4.74 Å². The van der Waals surface area contributed by atoms with Gasteiger partial charge in [0.15, 0.2) is 11.3 Å². The number of halogens is 2. The van der Waals surface area contributed by atoms with Gasteiger partial charge in [0.1, 0.15) is 17.2 Å². The van der Waals surface area contributed by atoms with E-state index in [1.807, 2.05) is 13.0 Å². The first-order valence-corrected chi connectivity index (χ1v) is 10.8. The number of alkyl halides is 2. The van der Waals surface area contributed by atoms with E-state index >= 15 is 0 Å². The number of nitrogens with zero attached hydrogens (tertiary/aromatic N) is 4. The summed E-state index contributed by atoms with van der Waals surface area (Å²) in [4.78, 5) is 28.1. The third-order valence-corrected chi connectivity index (χ3v) is 5.51. The minimum absolute atomic E-state index is 0.0876. The molecule has 1 aliphatic rings. The molecule has 5 rings (SSSR count). The molecule has 9 nitrogen and oxygen atoms in total. The molecular formula is C24H19F2N5O4. The van der Waals surface area contributed by atoms with E-state index in [1.54, 1.807) is 18.2 Å². The van der Waals surface area contributed by atoms with Crippen molar-refractivity contribution in [1.82, 2.24) is 14.6 Å². The number of aromatic nitrogens is 3. The van der Waals surface area contributed by atoms with Gasteiger partial charge in [-0.15, -0.1) is 0 Å². The standard InChI is InChI=1S/C24H19F2N5O4/c1-13-3-2-4-17(7-13)35-18-9-15(8-16(10-18)31(33)34)27-24(32)20-12-22-28-19(14-5-6-14)11-21(23(25)26)30(22)29-20/h2-4,7-12,14,23H,5-6H2,1H3,(H,27,32). The van der Waals surface area contributed by atoms with Gasteiger partial charge >= 0.3 is 0 Å². The van der Waals surface area contributed by atoms with Crippen LogP contribution in [-0.4, -0.2) is 25.4 Å². The first-order chi connectivity index (χ1) is 16.8. The molecule has 4 aromatic rings. The summed E-state index contributed by atoms with van der Waals surface area (Å²) < 4.78 is 33.9. The first-order valence-electron chi connectivity index (χ1n) is 10.8. The second kappa shape index (κ2) is 8.75. The van der Waals surface area contributed by atoms with Gasteiger partial charge in [0, 0.05) is 29.8 Å². The average molecular weight is 479 g/mol. The Morgan fingerprint density at radius 1 is 1.17 bits per heavy atom. The molecule has 1 saturated carbocycles. The lowest BCUT2D eigenvalue weighted by Crippen LogP contribution is -2.13. The molecule has 0 aliphatic heterocycles. The average Bonchev–Trinajstić information content (AvgIpc) is 3.56. The van der Waals surface area contributed by atoms with Gasteiger partial charge in [-0.1, -0.05) is 12.1 Å². The number of nitrogens with one attached hydrogen (secondary N) is 1. The molecule has 1 fully saturated rings. The molecule has 1 amide bonds. The summed E-state index contributed by atoms with van der Waals surface area (Å²) >= 11 is 0. The maximum Gasteiger partial charge on any atom is 0.280 e. The first kappa shape index (κ1) is 22.4. The number of hydrogen-bond donors (Lipinski definition) is 1. The Bertz CT molecular complexity index is 1470. The molecule has 0 saturated heterocycles. The predicted octanol–water partition coefficient (Wildman–Crippen LogP) is 5.81. The van der Waals surface area contributed by atoms with Gasteiger partial charge in [-0.2, -0.15) is 5.10 Å². The van der Waals surface area contributed by atoms with Gasteiger partial charge in [0.05, 0.1) is 16.7 Å². The Labute approximate surface area is 197 Å². The van der Waals surface area contributed by atoms with Crippen molar-refractivity contribution in [3.63, 3.8) is 0 Å². The molecule has 178 valence electrons. The van der Waals surface area contributed by atoms with Crippen LogP contribution in [0.25, 0.3) is 5.65 Å². The molecule has 0 unspecified atom stereocenters. The number of nitro benzene ring substituents is 1. The van der Waals surface area contributed by atoms with Crippen LogP contribution < -0.4 is 10.1 Å². The summed E-state index contributed by atoms with van der Waals surface area (Å²) in [5.74, 6) is 0.0260. The number of nitro groups is 1. The van der Waals surface area contributed by atoms with Crippen LogP contribution in [0.4, 0.5) is 20.2 Å². The summed E-state index contributed by atoms with van der Waals surface area (Å²) in [6.45, 7) is 1.88. The van der Waals surface area contributed by atoms with Crippen molar-refractivity contribution in [3.8, 4) is 11.5 Å². The molecule has 1 aliphatic carbocycles. The molecule has 0 atom stereocenters. The van der Waals surface area contributed by atoms with Gasteiger partial charge in [0.25, 0.3) is 18.0 Å². The van der Waals surface area contributed by atoms with Crippen LogP contribution in [0.15, 0.2) is 54.6 Å². The minimum atomic E-state index is -2.80. The van der Waals surface area contributed by atoms with Crippen molar-refractivity contribution in [3.05, 3.63) is 87.4 Å². The number of hydrogen-bond acceptors (Lipinski definition) is 6. The highest BCUT2D eigenvalue weighted by Crippen LogP contribution is 2.40. The maximum atomic E-state index is 13.6. The highest BCUT2D eigenvalue weighted by molar-refractivity contribution is 6.03. The number of fused-ring (bicyclic) bond motifs is 1. The van der Waals surface area contributed by atoms with Crippen molar-refractivity contribution in [2.75, 3.05) is 5.32 Å². The monoisotopic (exact) mass is 479 g/mol. The van der Waals surface area contributed by atoms with Crippen molar-refractivity contribution in [2.24, 2.45) is 0 Å².